The zero-order valence-corrected chi connectivity index (χ0v) is 15.8. The predicted octanol–water partition coefficient (Wildman–Crippen LogP) is 2.13. The van der Waals surface area contributed by atoms with E-state index in [9.17, 15) is 9.59 Å². The van der Waals surface area contributed by atoms with E-state index < -0.39 is 0 Å². The first kappa shape index (κ1) is 18.8. The van der Waals surface area contributed by atoms with Gasteiger partial charge in [-0.05, 0) is 24.0 Å². The first-order valence-electron chi connectivity index (χ1n) is 9.34. The lowest BCUT2D eigenvalue weighted by molar-refractivity contribution is -0.118. The third-order valence-electron chi connectivity index (χ3n) is 4.90. The number of nitrogens with one attached hydrogen (secondary N) is 1. The summed E-state index contributed by atoms with van der Waals surface area (Å²) in [6.07, 6.45) is 5.70. The van der Waals surface area contributed by atoms with Crippen LogP contribution >= 0.6 is 0 Å². The number of amides is 2. The molecule has 7 nitrogen and oxygen atoms in total. The maximum Gasteiger partial charge on any atom is 0.275 e. The monoisotopic (exact) mass is 367 g/mol. The Morgan fingerprint density at radius 1 is 1.07 bits per heavy atom. The first-order chi connectivity index (χ1) is 13.2. The Morgan fingerprint density at radius 2 is 1.74 bits per heavy atom. The fraction of sp³-hybridized carbons (Fsp3) is 0.400. The van der Waals surface area contributed by atoms with Gasteiger partial charge in [-0.25, -0.2) is 9.97 Å². The van der Waals surface area contributed by atoms with Crippen molar-refractivity contribution < 1.29 is 9.59 Å². The summed E-state index contributed by atoms with van der Waals surface area (Å²) in [6.45, 7) is 6.90. The third-order valence-corrected chi connectivity index (χ3v) is 4.90. The van der Waals surface area contributed by atoms with Gasteiger partial charge in [-0.2, -0.15) is 0 Å². The van der Waals surface area contributed by atoms with E-state index in [0.717, 1.165) is 41.9 Å². The average molecular weight is 367 g/mol. The zero-order valence-electron chi connectivity index (χ0n) is 15.8. The van der Waals surface area contributed by atoms with Gasteiger partial charge in [0, 0.05) is 31.9 Å². The highest BCUT2D eigenvalue weighted by Crippen LogP contribution is 2.23. The number of nitrogens with zero attached hydrogens (tertiary/aromatic N) is 4. The summed E-state index contributed by atoms with van der Waals surface area (Å²) < 4.78 is 0. The normalized spacial score (nSPS) is 14.1. The Labute approximate surface area is 159 Å². The van der Waals surface area contributed by atoms with Crippen LogP contribution < -0.4 is 10.2 Å². The Morgan fingerprint density at radius 3 is 2.26 bits per heavy atom. The van der Waals surface area contributed by atoms with E-state index in [-0.39, 0.29) is 5.91 Å². The number of anilines is 2. The van der Waals surface area contributed by atoms with Gasteiger partial charge in [0.05, 0.1) is 12.4 Å². The molecule has 1 aromatic carbocycles. The molecular formula is C20H25N5O2. The van der Waals surface area contributed by atoms with Crippen LogP contribution in [0.2, 0.25) is 0 Å². The quantitative estimate of drug-likeness (QED) is 0.792. The lowest BCUT2D eigenvalue weighted by atomic mass is 10.0. The van der Waals surface area contributed by atoms with Gasteiger partial charge in [-0.15, -0.1) is 0 Å². The lowest BCUT2D eigenvalue weighted by Gasteiger charge is -2.33. The van der Waals surface area contributed by atoms with Crippen LogP contribution in [0.5, 0.6) is 0 Å². The molecule has 2 aromatic rings. The maximum atomic E-state index is 12.6. The van der Waals surface area contributed by atoms with Crippen molar-refractivity contribution in [2.24, 2.45) is 0 Å². The topological polar surface area (TPSA) is 78.4 Å². The van der Waals surface area contributed by atoms with Crippen LogP contribution in [0, 0.1) is 0 Å². The fourth-order valence-corrected chi connectivity index (χ4v) is 3.24. The number of hydrogen-bond acceptors (Lipinski definition) is 5. The van der Waals surface area contributed by atoms with Gasteiger partial charge >= 0.3 is 0 Å². The van der Waals surface area contributed by atoms with Gasteiger partial charge in [-0.3, -0.25) is 9.59 Å². The summed E-state index contributed by atoms with van der Waals surface area (Å²) in [5.41, 5.74) is 3.39. The van der Waals surface area contributed by atoms with Gasteiger partial charge < -0.3 is 15.1 Å². The molecule has 0 bridgehead atoms. The summed E-state index contributed by atoms with van der Waals surface area (Å²) in [4.78, 5) is 35.9. The molecule has 1 aliphatic heterocycles. The molecule has 1 fully saturated rings. The van der Waals surface area contributed by atoms with E-state index in [2.05, 4.69) is 34.0 Å². The third kappa shape index (κ3) is 4.24. The van der Waals surface area contributed by atoms with Crippen molar-refractivity contribution in [3.63, 3.8) is 0 Å². The van der Waals surface area contributed by atoms with Crippen LogP contribution in [0.15, 0.2) is 30.6 Å². The van der Waals surface area contributed by atoms with Gasteiger partial charge in [0.2, 0.25) is 6.41 Å². The Bertz CT molecular complexity index is 776. The SMILES string of the molecule is CCc1cccc(CC)c1NC(=O)c1cnc(N2CCN(C=O)CC2)cn1. The van der Waals surface area contributed by atoms with E-state index in [1.807, 2.05) is 18.2 Å². The Hall–Kier alpha value is -2.96. The molecule has 2 amide bonds. The second-order valence-corrected chi connectivity index (χ2v) is 6.50. The van der Waals surface area contributed by atoms with E-state index in [4.69, 9.17) is 0 Å². The van der Waals surface area contributed by atoms with Crippen LogP contribution in [0.1, 0.15) is 35.5 Å². The van der Waals surface area contributed by atoms with Crippen molar-refractivity contribution in [2.75, 3.05) is 36.4 Å². The second kappa shape index (κ2) is 8.62. The van der Waals surface area contributed by atoms with Crippen LogP contribution in [-0.4, -0.2) is 53.4 Å². The number of piperazine rings is 1. The van der Waals surface area contributed by atoms with Crippen molar-refractivity contribution in [3.05, 3.63) is 47.4 Å². The largest absolute Gasteiger partial charge is 0.352 e. The molecule has 7 heteroatoms. The molecule has 2 heterocycles. The first-order valence-corrected chi connectivity index (χ1v) is 9.34. The molecule has 1 saturated heterocycles. The summed E-state index contributed by atoms with van der Waals surface area (Å²) in [6, 6.07) is 6.08. The van der Waals surface area contributed by atoms with Gasteiger partial charge in [0.1, 0.15) is 11.5 Å². The zero-order chi connectivity index (χ0) is 19.2. The molecule has 0 unspecified atom stereocenters. The van der Waals surface area contributed by atoms with Crippen LogP contribution in [0.25, 0.3) is 0 Å². The number of carbonyl (C=O) groups is 2. The van der Waals surface area contributed by atoms with E-state index in [1.54, 1.807) is 11.1 Å². The molecule has 3 rings (SSSR count). The Balaban J connectivity index is 1.71. The number of para-hydroxylation sites is 1. The van der Waals surface area contributed by atoms with Crippen molar-refractivity contribution in [3.8, 4) is 0 Å². The predicted molar refractivity (Wildman–Crippen MR) is 105 cm³/mol. The van der Waals surface area contributed by atoms with Crippen LogP contribution in [0.3, 0.4) is 0 Å². The second-order valence-electron chi connectivity index (χ2n) is 6.50. The average Bonchev–Trinajstić information content (AvgIpc) is 2.74. The minimum atomic E-state index is -0.254. The molecular weight excluding hydrogens is 342 g/mol. The highest BCUT2D eigenvalue weighted by Gasteiger charge is 2.18. The minimum Gasteiger partial charge on any atom is -0.352 e. The number of hydrogen-bond donors (Lipinski definition) is 1. The molecule has 0 atom stereocenters. The number of carbonyl (C=O) groups excluding carboxylic acids is 2. The van der Waals surface area contributed by atoms with Crippen molar-refractivity contribution >= 4 is 23.8 Å². The molecule has 0 spiro atoms. The number of rotatable bonds is 6. The van der Waals surface area contributed by atoms with E-state index in [0.29, 0.717) is 31.9 Å². The van der Waals surface area contributed by atoms with E-state index >= 15 is 0 Å². The number of aromatic nitrogens is 2. The number of benzene rings is 1. The van der Waals surface area contributed by atoms with E-state index in [1.165, 1.54) is 6.20 Å². The molecule has 1 N–H and O–H groups in total. The highest BCUT2D eigenvalue weighted by atomic mass is 16.2. The summed E-state index contributed by atoms with van der Waals surface area (Å²) in [5, 5.41) is 3.01. The summed E-state index contributed by atoms with van der Waals surface area (Å²) in [7, 11) is 0. The van der Waals surface area contributed by atoms with Crippen molar-refractivity contribution in [1.29, 1.82) is 0 Å². The molecule has 142 valence electrons. The van der Waals surface area contributed by atoms with Crippen molar-refractivity contribution in [1.82, 2.24) is 14.9 Å². The molecule has 0 aliphatic carbocycles. The Kier molecular flexibility index (Phi) is 6.01. The standard InChI is InChI=1S/C20H25N5O2/c1-3-15-6-5-7-16(4-2)19(15)23-20(27)17-12-22-18(13-21-17)25-10-8-24(14-26)9-11-25/h5-7,12-14H,3-4,8-11H2,1-2H3,(H,23,27). The molecule has 1 aliphatic rings. The van der Waals surface area contributed by atoms with Gasteiger partial charge in [-0.1, -0.05) is 32.0 Å². The molecule has 27 heavy (non-hydrogen) atoms. The van der Waals surface area contributed by atoms with Crippen LogP contribution in [-0.2, 0) is 17.6 Å². The summed E-state index contributed by atoms with van der Waals surface area (Å²) in [5.74, 6) is 0.468. The van der Waals surface area contributed by atoms with Gasteiger partial charge in [0.15, 0.2) is 0 Å². The smallest absolute Gasteiger partial charge is 0.275 e. The van der Waals surface area contributed by atoms with Crippen molar-refractivity contribution in [2.45, 2.75) is 26.7 Å². The highest BCUT2D eigenvalue weighted by molar-refractivity contribution is 6.03. The fourth-order valence-electron chi connectivity index (χ4n) is 3.24. The maximum absolute atomic E-state index is 12.6. The summed E-state index contributed by atoms with van der Waals surface area (Å²) >= 11 is 0. The number of aryl methyl sites for hydroxylation is 2. The molecule has 1 aromatic heterocycles. The molecule has 0 saturated carbocycles. The van der Waals surface area contributed by atoms with Gasteiger partial charge in [0.25, 0.3) is 5.91 Å². The molecule has 0 radical (unpaired) electrons. The van der Waals surface area contributed by atoms with Crippen LogP contribution in [0.4, 0.5) is 11.5 Å². The minimum absolute atomic E-state index is 0.254. The lowest BCUT2D eigenvalue weighted by Crippen LogP contribution is -2.46.